The Hall–Kier alpha value is -1.78. The number of aryl methyl sites for hydroxylation is 2. The molecule has 1 aromatic heterocycles. The number of hydrogen-bond donors (Lipinski definition) is 2. The van der Waals surface area contributed by atoms with E-state index in [1.807, 2.05) is 0 Å². The summed E-state index contributed by atoms with van der Waals surface area (Å²) in [6, 6.07) is 0. The molecule has 1 amide bonds. The lowest BCUT2D eigenvalue weighted by atomic mass is 9.76. The summed E-state index contributed by atoms with van der Waals surface area (Å²) >= 11 is 0. The summed E-state index contributed by atoms with van der Waals surface area (Å²) < 4.78 is 5.38. The first kappa shape index (κ1) is 12.7. The Morgan fingerprint density at radius 1 is 1.22 bits per heavy atom. The Labute approximate surface area is 105 Å². The number of carbonyl (C=O) groups excluding carboxylic acids is 1. The van der Waals surface area contributed by atoms with E-state index < -0.39 is 11.5 Å². The van der Waals surface area contributed by atoms with Crippen LogP contribution in [0.3, 0.4) is 0 Å². The van der Waals surface area contributed by atoms with Gasteiger partial charge in [-0.05, 0) is 40.0 Å². The molecule has 1 heterocycles. The van der Waals surface area contributed by atoms with Gasteiger partial charge in [0.05, 0.1) is 5.56 Å². The normalized spacial score (nSPS) is 17.1. The molecule has 1 saturated carbocycles. The zero-order valence-electron chi connectivity index (χ0n) is 10.8. The van der Waals surface area contributed by atoms with Gasteiger partial charge in [-0.25, -0.2) is 4.79 Å². The molecule has 5 heteroatoms. The molecule has 0 radical (unpaired) electrons. The van der Waals surface area contributed by atoms with Gasteiger partial charge in [0.25, 0.3) is 5.91 Å². The van der Waals surface area contributed by atoms with Crippen LogP contribution in [-0.4, -0.2) is 22.5 Å². The van der Waals surface area contributed by atoms with Crippen LogP contribution >= 0.6 is 0 Å². The Morgan fingerprint density at radius 2 is 1.83 bits per heavy atom. The number of carboxylic acid groups (broad SMARTS) is 1. The molecule has 2 rings (SSSR count). The maximum absolute atomic E-state index is 12.2. The molecule has 1 aromatic rings. The smallest absolute Gasteiger partial charge is 0.329 e. The molecule has 5 nitrogen and oxygen atoms in total. The van der Waals surface area contributed by atoms with Crippen molar-refractivity contribution in [3.63, 3.8) is 0 Å². The Bertz CT molecular complexity index is 511. The van der Waals surface area contributed by atoms with Crippen molar-refractivity contribution in [1.82, 2.24) is 5.32 Å². The van der Waals surface area contributed by atoms with E-state index >= 15 is 0 Å². The molecule has 1 aliphatic rings. The van der Waals surface area contributed by atoms with E-state index in [-0.39, 0.29) is 5.91 Å². The van der Waals surface area contributed by atoms with Crippen LogP contribution in [0.1, 0.15) is 46.7 Å². The van der Waals surface area contributed by atoms with Crippen LogP contribution in [0, 0.1) is 20.8 Å². The van der Waals surface area contributed by atoms with Gasteiger partial charge in [-0.3, -0.25) is 4.79 Å². The molecule has 0 aromatic carbocycles. The number of carbonyl (C=O) groups is 2. The molecule has 1 fully saturated rings. The van der Waals surface area contributed by atoms with Crippen LogP contribution in [0.5, 0.6) is 0 Å². The second kappa shape index (κ2) is 4.15. The number of furan rings is 1. The number of nitrogens with one attached hydrogen (secondary N) is 1. The summed E-state index contributed by atoms with van der Waals surface area (Å²) in [5, 5.41) is 11.8. The van der Waals surface area contributed by atoms with Gasteiger partial charge < -0.3 is 14.8 Å². The van der Waals surface area contributed by atoms with E-state index in [1.165, 1.54) is 0 Å². The molecule has 0 saturated heterocycles. The van der Waals surface area contributed by atoms with E-state index in [2.05, 4.69) is 5.32 Å². The first-order valence-electron chi connectivity index (χ1n) is 6.00. The molecule has 0 bridgehead atoms. The van der Waals surface area contributed by atoms with Crippen molar-refractivity contribution in [3.05, 3.63) is 22.6 Å². The largest absolute Gasteiger partial charge is 0.480 e. The van der Waals surface area contributed by atoms with Gasteiger partial charge in [-0.2, -0.15) is 0 Å². The summed E-state index contributed by atoms with van der Waals surface area (Å²) in [5.41, 5.74) is 0.145. The molecule has 1 aliphatic carbocycles. The third-order valence-electron chi connectivity index (χ3n) is 3.76. The van der Waals surface area contributed by atoms with E-state index in [0.717, 1.165) is 12.0 Å². The number of aliphatic carboxylic acids is 1. The second-order valence-corrected chi connectivity index (χ2v) is 4.91. The fraction of sp³-hybridized carbons (Fsp3) is 0.538. The minimum atomic E-state index is -1.08. The van der Waals surface area contributed by atoms with E-state index in [0.29, 0.717) is 29.9 Å². The Balaban J connectivity index is 2.25. The molecule has 0 atom stereocenters. The van der Waals surface area contributed by atoms with Gasteiger partial charge in [0.15, 0.2) is 0 Å². The van der Waals surface area contributed by atoms with Crippen molar-refractivity contribution in [2.45, 2.75) is 45.6 Å². The molecule has 2 N–H and O–H groups in total. The van der Waals surface area contributed by atoms with Crippen molar-refractivity contribution in [2.24, 2.45) is 0 Å². The molecule has 0 unspecified atom stereocenters. The second-order valence-electron chi connectivity index (χ2n) is 4.91. The summed E-state index contributed by atoms with van der Waals surface area (Å²) in [7, 11) is 0. The van der Waals surface area contributed by atoms with Gasteiger partial charge in [0.2, 0.25) is 0 Å². The zero-order valence-corrected chi connectivity index (χ0v) is 10.8. The van der Waals surface area contributed by atoms with Crippen LogP contribution < -0.4 is 5.32 Å². The first-order valence-corrected chi connectivity index (χ1v) is 6.00. The van der Waals surface area contributed by atoms with Crippen LogP contribution in [0.4, 0.5) is 0 Å². The first-order chi connectivity index (χ1) is 8.37. The summed E-state index contributed by atoms with van der Waals surface area (Å²) in [6.45, 7) is 5.30. The third kappa shape index (κ3) is 1.79. The predicted molar refractivity (Wildman–Crippen MR) is 64.6 cm³/mol. The minimum absolute atomic E-state index is 0.357. The van der Waals surface area contributed by atoms with Gasteiger partial charge in [0.1, 0.15) is 17.1 Å². The van der Waals surface area contributed by atoms with Crippen LogP contribution in [0.2, 0.25) is 0 Å². The fourth-order valence-electron chi connectivity index (χ4n) is 2.33. The average Bonchev–Trinajstić information content (AvgIpc) is 2.46. The summed E-state index contributed by atoms with van der Waals surface area (Å²) in [5.74, 6) is -0.0976. The number of carboxylic acids is 1. The number of rotatable bonds is 3. The SMILES string of the molecule is Cc1oc(C)c(C(=O)NC2(C(=O)O)CCC2)c1C. The van der Waals surface area contributed by atoms with E-state index in [4.69, 9.17) is 4.42 Å². The van der Waals surface area contributed by atoms with Crippen molar-refractivity contribution in [2.75, 3.05) is 0 Å². The third-order valence-corrected chi connectivity index (χ3v) is 3.76. The number of hydrogen-bond acceptors (Lipinski definition) is 3. The topological polar surface area (TPSA) is 79.5 Å². The monoisotopic (exact) mass is 251 g/mol. The zero-order chi connectivity index (χ0) is 13.5. The van der Waals surface area contributed by atoms with Gasteiger partial charge in [-0.1, -0.05) is 0 Å². The predicted octanol–water partition coefficient (Wildman–Crippen LogP) is 1.94. The molecule has 0 spiro atoms. The average molecular weight is 251 g/mol. The maximum atomic E-state index is 12.2. The summed E-state index contributed by atoms with van der Waals surface area (Å²) in [4.78, 5) is 23.4. The quantitative estimate of drug-likeness (QED) is 0.860. The standard InChI is InChI=1S/C13H17NO4/c1-7-8(2)18-9(3)10(7)11(15)14-13(12(16)17)5-4-6-13/h4-6H2,1-3H3,(H,14,15)(H,16,17). The maximum Gasteiger partial charge on any atom is 0.329 e. The number of amides is 1. The highest BCUT2D eigenvalue weighted by molar-refractivity contribution is 6.00. The molecule has 98 valence electrons. The lowest BCUT2D eigenvalue weighted by Gasteiger charge is -2.38. The summed E-state index contributed by atoms with van der Waals surface area (Å²) in [6.07, 6.45) is 1.81. The van der Waals surface area contributed by atoms with Crippen LogP contribution in [0.25, 0.3) is 0 Å². The Kier molecular flexibility index (Phi) is 2.92. The Morgan fingerprint density at radius 3 is 2.17 bits per heavy atom. The highest BCUT2D eigenvalue weighted by Crippen LogP contribution is 2.33. The molecular formula is C13H17NO4. The van der Waals surface area contributed by atoms with E-state index in [1.54, 1.807) is 20.8 Å². The van der Waals surface area contributed by atoms with Crippen molar-refractivity contribution >= 4 is 11.9 Å². The minimum Gasteiger partial charge on any atom is -0.480 e. The highest BCUT2D eigenvalue weighted by atomic mass is 16.4. The van der Waals surface area contributed by atoms with Crippen LogP contribution in [0.15, 0.2) is 4.42 Å². The van der Waals surface area contributed by atoms with Crippen LogP contribution in [-0.2, 0) is 4.79 Å². The molecule has 18 heavy (non-hydrogen) atoms. The van der Waals surface area contributed by atoms with E-state index in [9.17, 15) is 14.7 Å². The fourth-order valence-corrected chi connectivity index (χ4v) is 2.33. The van der Waals surface area contributed by atoms with Gasteiger partial charge in [-0.15, -0.1) is 0 Å². The lowest BCUT2D eigenvalue weighted by Crippen LogP contribution is -2.59. The van der Waals surface area contributed by atoms with Gasteiger partial charge >= 0.3 is 5.97 Å². The lowest BCUT2D eigenvalue weighted by molar-refractivity contribution is -0.148. The van der Waals surface area contributed by atoms with Crippen molar-refractivity contribution in [3.8, 4) is 0 Å². The molecule has 0 aliphatic heterocycles. The van der Waals surface area contributed by atoms with Crippen molar-refractivity contribution < 1.29 is 19.1 Å². The van der Waals surface area contributed by atoms with Gasteiger partial charge in [0, 0.05) is 5.56 Å². The highest BCUT2D eigenvalue weighted by Gasteiger charge is 2.46. The van der Waals surface area contributed by atoms with Crippen molar-refractivity contribution in [1.29, 1.82) is 0 Å². The molecular weight excluding hydrogens is 234 g/mol.